The number of hydrogen-bond acceptors (Lipinski definition) is 7. The molecule has 8 heteroatoms. The number of nitrogens with zero attached hydrogens (tertiary/aromatic N) is 1. The molecule has 0 fully saturated rings. The standard InChI is InChI=1S/C20H22N2O6/c1-14(15-3-8-18-19(11-15)27-13-26-18)22-28-12-20(23)21-9-10-25-17-6-4-16(24-2)5-7-17/h3-8,11H,9-10,12-13H2,1-2H3,(H,21,23)/b22-14-. The fourth-order valence-electron chi connectivity index (χ4n) is 2.44. The minimum atomic E-state index is -0.277. The van der Waals surface area contributed by atoms with Gasteiger partial charge >= 0.3 is 0 Å². The molecule has 0 saturated carbocycles. The van der Waals surface area contributed by atoms with Crippen molar-refractivity contribution in [2.45, 2.75) is 6.92 Å². The van der Waals surface area contributed by atoms with Crippen LogP contribution < -0.4 is 24.3 Å². The highest BCUT2D eigenvalue weighted by molar-refractivity contribution is 5.99. The molecular formula is C20H22N2O6. The molecule has 8 nitrogen and oxygen atoms in total. The monoisotopic (exact) mass is 386 g/mol. The Bertz CT molecular complexity index is 835. The average Bonchev–Trinajstić information content (AvgIpc) is 3.19. The minimum absolute atomic E-state index is 0.176. The third kappa shape index (κ3) is 5.29. The van der Waals surface area contributed by atoms with Crippen LogP contribution in [-0.2, 0) is 9.63 Å². The zero-order chi connectivity index (χ0) is 19.8. The van der Waals surface area contributed by atoms with Crippen LogP contribution in [0.1, 0.15) is 12.5 Å². The summed E-state index contributed by atoms with van der Waals surface area (Å²) in [5, 5.41) is 6.67. The van der Waals surface area contributed by atoms with E-state index >= 15 is 0 Å². The maximum atomic E-state index is 11.8. The molecule has 3 rings (SSSR count). The van der Waals surface area contributed by atoms with Gasteiger partial charge in [-0.2, -0.15) is 0 Å². The van der Waals surface area contributed by atoms with Crippen molar-refractivity contribution in [2.75, 3.05) is 33.7 Å². The number of ether oxygens (including phenoxy) is 4. The van der Waals surface area contributed by atoms with Gasteiger partial charge in [0, 0.05) is 5.56 Å². The van der Waals surface area contributed by atoms with Crippen LogP contribution in [0.2, 0.25) is 0 Å². The number of hydrogen-bond donors (Lipinski definition) is 1. The number of rotatable bonds is 9. The predicted octanol–water partition coefficient (Wildman–Crippen LogP) is 2.36. The van der Waals surface area contributed by atoms with Crippen molar-refractivity contribution in [3.8, 4) is 23.0 Å². The third-order valence-electron chi connectivity index (χ3n) is 3.94. The molecule has 1 amide bonds. The molecule has 1 aliphatic rings. The summed E-state index contributed by atoms with van der Waals surface area (Å²) >= 11 is 0. The van der Waals surface area contributed by atoms with Crippen molar-refractivity contribution in [1.29, 1.82) is 0 Å². The lowest BCUT2D eigenvalue weighted by Gasteiger charge is -2.08. The van der Waals surface area contributed by atoms with E-state index in [2.05, 4.69) is 10.5 Å². The van der Waals surface area contributed by atoms with E-state index in [9.17, 15) is 4.79 Å². The highest BCUT2D eigenvalue weighted by Crippen LogP contribution is 2.32. The summed E-state index contributed by atoms with van der Waals surface area (Å²) in [5.74, 6) is 2.56. The van der Waals surface area contributed by atoms with Crippen molar-refractivity contribution in [2.24, 2.45) is 5.16 Å². The number of benzene rings is 2. The number of carbonyl (C=O) groups is 1. The van der Waals surface area contributed by atoms with Gasteiger partial charge in [0.05, 0.1) is 19.4 Å². The first-order valence-corrected chi connectivity index (χ1v) is 8.76. The molecule has 2 aromatic carbocycles. The van der Waals surface area contributed by atoms with Crippen LogP contribution in [0, 0.1) is 0 Å². The molecule has 0 atom stereocenters. The van der Waals surface area contributed by atoms with Crippen molar-refractivity contribution in [3.05, 3.63) is 48.0 Å². The summed E-state index contributed by atoms with van der Waals surface area (Å²) in [6.07, 6.45) is 0. The normalized spacial score (nSPS) is 12.4. The van der Waals surface area contributed by atoms with E-state index in [0.717, 1.165) is 11.3 Å². The second kappa shape index (κ2) is 9.50. The highest BCUT2D eigenvalue weighted by atomic mass is 16.7. The SMILES string of the molecule is COc1ccc(OCCNC(=O)CO/N=C(/C)c2ccc3c(c2)OCO3)cc1. The maximum absolute atomic E-state index is 11.8. The molecule has 0 bridgehead atoms. The molecular weight excluding hydrogens is 364 g/mol. The predicted molar refractivity (Wildman–Crippen MR) is 102 cm³/mol. The van der Waals surface area contributed by atoms with E-state index in [0.29, 0.717) is 36.1 Å². The van der Waals surface area contributed by atoms with Crippen LogP contribution in [0.25, 0.3) is 0 Å². The number of amides is 1. The van der Waals surface area contributed by atoms with E-state index in [1.54, 1.807) is 26.2 Å². The Hall–Kier alpha value is -3.42. The van der Waals surface area contributed by atoms with Gasteiger partial charge in [0.15, 0.2) is 18.1 Å². The smallest absolute Gasteiger partial charge is 0.260 e. The maximum Gasteiger partial charge on any atom is 0.260 e. The Morgan fingerprint density at radius 1 is 1.11 bits per heavy atom. The van der Waals surface area contributed by atoms with Gasteiger partial charge in [0.25, 0.3) is 5.91 Å². The van der Waals surface area contributed by atoms with Crippen LogP contribution in [0.4, 0.5) is 0 Å². The molecule has 2 aromatic rings. The van der Waals surface area contributed by atoms with E-state index in [4.69, 9.17) is 23.8 Å². The van der Waals surface area contributed by atoms with Gasteiger partial charge in [0.2, 0.25) is 6.79 Å². The Morgan fingerprint density at radius 3 is 2.64 bits per heavy atom. The second-order valence-corrected chi connectivity index (χ2v) is 5.89. The molecule has 1 N–H and O–H groups in total. The molecule has 0 radical (unpaired) electrons. The lowest BCUT2D eigenvalue weighted by atomic mass is 10.1. The second-order valence-electron chi connectivity index (χ2n) is 5.89. The first kappa shape index (κ1) is 19.3. The molecule has 0 unspecified atom stereocenters. The van der Waals surface area contributed by atoms with Crippen molar-refractivity contribution in [1.82, 2.24) is 5.32 Å². The zero-order valence-corrected chi connectivity index (χ0v) is 15.8. The summed E-state index contributed by atoms with van der Waals surface area (Å²) in [5.41, 5.74) is 1.46. The van der Waals surface area contributed by atoms with Gasteiger partial charge in [-0.05, 0) is 49.4 Å². The molecule has 1 heterocycles. The first-order chi connectivity index (χ1) is 13.7. The van der Waals surface area contributed by atoms with Gasteiger partial charge < -0.3 is 29.1 Å². The summed E-state index contributed by atoms with van der Waals surface area (Å²) in [6.45, 7) is 2.53. The molecule has 0 saturated heterocycles. The Kier molecular flexibility index (Phi) is 6.56. The van der Waals surface area contributed by atoms with Gasteiger partial charge in [-0.25, -0.2) is 0 Å². The molecule has 0 aromatic heterocycles. The summed E-state index contributed by atoms with van der Waals surface area (Å²) in [4.78, 5) is 16.9. The van der Waals surface area contributed by atoms with Crippen molar-refractivity contribution < 1.29 is 28.6 Å². The number of oxime groups is 1. The first-order valence-electron chi connectivity index (χ1n) is 8.76. The van der Waals surface area contributed by atoms with Gasteiger partial charge in [0.1, 0.15) is 18.1 Å². The molecule has 148 valence electrons. The number of methoxy groups -OCH3 is 1. The average molecular weight is 386 g/mol. The zero-order valence-electron chi connectivity index (χ0n) is 15.8. The van der Waals surface area contributed by atoms with E-state index in [-0.39, 0.29) is 19.3 Å². The third-order valence-corrected chi connectivity index (χ3v) is 3.94. The van der Waals surface area contributed by atoms with E-state index in [1.165, 1.54) is 0 Å². The van der Waals surface area contributed by atoms with Gasteiger partial charge in [-0.1, -0.05) is 5.16 Å². The molecule has 0 spiro atoms. The van der Waals surface area contributed by atoms with Crippen LogP contribution in [0.5, 0.6) is 23.0 Å². The fraction of sp³-hybridized carbons (Fsp3) is 0.300. The Balaban J connectivity index is 1.35. The quantitative estimate of drug-likeness (QED) is 0.404. The van der Waals surface area contributed by atoms with Crippen molar-refractivity contribution >= 4 is 11.6 Å². The van der Waals surface area contributed by atoms with E-state index in [1.807, 2.05) is 30.3 Å². The van der Waals surface area contributed by atoms with Crippen LogP contribution >= 0.6 is 0 Å². The summed E-state index contributed by atoms with van der Waals surface area (Å²) in [7, 11) is 1.61. The molecule has 28 heavy (non-hydrogen) atoms. The lowest BCUT2D eigenvalue weighted by Crippen LogP contribution is -2.30. The Labute approximate surface area is 163 Å². The number of carbonyl (C=O) groups excluding carboxylic acids is 1. The highest BCUT2D eigenvalue weighted by Gasteiger charge is 2.14. The Morgan fingerprint density at radius 2 is 1.86 bits per heavy atom. The number of fused-ring (bicyclic) bond motifs is 1. The summed E-state index contributed by atoms with van der Waals surface area (Å²) < 4.78 is 21.2. The molecule has 1 aliphatic heterocycles. The van der Waals surface area contributed by atoms with Gasteiger partial charge in [-0.3, -0.25) is 4.79 Å². The largest absolute Gasteiger partial charge is 0.497 e. The van der Waals surface area contributed by atoms with Crippen molar-refractivity contribution in [3.63, 3.8) is 0 Å². The summed E-state index contributed by atoms with van der Waals surface area (Å²) in [6, 6.07) is 12.7. The van der Waals surface area contributed by atoms with Gasteiger partial charge in [-0.15, -0.1) is 0 Å². The van der Waals surface area contributed by atoms with E-state index < -0.39 is 0 Å². The molecule has 0 aliphatic carbocycles. The van der Waals surface area contributed by atoms with Crippen LogP contribution in [0.15, 0.2) is 47.6 Å². The van der Waals surface area contributed by atoms with Crippen LogP contribution in [0.3, 0.4) is 0 Å². The minimum Gasteiger partial charge on any atom is -0.497 e. The fourth-order valence-corrected chi connectivity index (χ4v) is 2.44. The van der Waals surface area contributed by atoms with Crippen LogP contribution in [-0.4, -0.2) is 45.3 Å². The topological polar surface area (TPSA) is 87.6 Å². The number of nitrogens with one attached hydrogen (secondary N) is 1. The lowest BCUT2D eigenvalue weighted by molar-refractivity contribution is -0.125.